The lowest BCUT2D eigenvalue weighted by molar-refractivity contribution is 0.157. The van der Waals surface area contributed by atoms with Crippen molar-refractivity contribution >= 4 is 0 Å². The van der Waals surface area contributed by atoms with E-state index < -0.39 is 6.10 Å². The summed E-state index contributed by atoms with van der Waals surface area (Å²) in [6.07, 6.45) is 0.217. The summed E-state index contributed by atoms with van der Waals surface area (Å²) in [5, 5.41) is 13.8. The molecule has 1 unspecified atom stereocenters. The molecule has 0 radical (unpaired) electrons. The third-order valence-electron chi connectivity index (χ3n) is 4.36. The second kappa shape index (κ2) is 7.24. The van der Waals surface area contributed by atoms with Crippen LogP contribution in [-0.4, -0.2) is 31.0 Å². The summed E-state index contributed by atoms with van der Waals surface area (Å²) in [5.74, 6) is 1.59. The van der Waals surface area contributed by atoms with E-state index in [1.807, 2.05) is 48.5 Å². The van der Waals surface area contributed by atoms with Crippen LogP contribution < -0.4 is 14.8 Å². The van der Waals surface area contributed by atoms with E-state index in [1.54, 1.807) is 0 Å². The number of benzene rings is 2. The molecule has 128 valence electrons. The van der Waals surface area contributed by atoms with Crippen LogP contribution in [0.3, 0.4) is 0 Å². The fourth-order valence-electron chi connectivity index (χ4n) is 2.87. The monoisotopic (exact) mass is 327 g/mol. The quantitative estimate of drug-likeness (QED) is 0.856. The highest BCUT2D eigenvalue weighted by molar-refractivity contribution is 5.45. The molecular formula is C20H25NO3. The normalized spacial score (nSPS) is 15.1. The minimum absolute atomic E-state index is 0.270. The highest BCUT2D eigenvalue weighted by Gasteiger charge is 2.23. The Morgan fingerprint density at radius 1 is 1.04 bits per heavy atom. The Hall–Kier alpha value is -2.04. The highest BCUT2D eigenvalue weighted by atomic mass is 16.6. The largest absolute Gasteiger partial charge is 0.486 e. The fourth-order valence-corrected chi connectivity index (χ4v) is 2.87. The third-order valence-corrected chi connectivity index (χ3v) is 4.36. The smallest absolute Gasteiger partial charge is 0.161 e. The summed E-state index contributed by atoms with van der Waals surface area (Å²) in [6.45, 7) is 5.91. The first-order valence-corrected chi connectivity index (χ1v) is 8.42. The van der Waals surface area contributed by atoms with Gasteiger partial charge in [0.25, 0.3) is 0 Å². The molecule has 0 spiro atoms. The second-order valence-corrected chi connectivity index (χ2v) is 6.71. The Morgan fingerprint density at radius 3 is 2.50 bits per heavy atom. The van der Waals surface area contributed by atoms with Gasteiger partial charge in [0.1, 0.15) is 13.2 Å². The van der Waals surface area contributed by atoms with E-state index >= 15 is 0 Å². The van der Waals surface area contributed by atoms with Crippen LogP contribution in [0.25, 0.3) is 0 Å². The first-order chi connectivity index (χ1) is 11.5. The first-order valence-electron chi connectivity index (χ1n) is 8.42. The van der Waals surface area contributed by atoms with Gasteiger partial charge in [0.2, 0.25) is 0 Å². The maximum absolute atomic E-state index is 10.3. The van der Waals surface area contributed by atoms with Crippen LogP contribution >= 0.6 is 0 Å². The Bertz CT molecular complexity index is 670. The number of hydrogen-bond acceptors (Lipinski definition) is 4. The van der Waals surface area contributed by atoms with Gasteiger partial charge in [-0.2, -0.15) is 0 Å². The molecule has 2 N–H and O–H groups in total. The predicted molar refractivity (Wildman–Crippen MR) is 94.6 cm³/mol. The summed E-state index contributed by atoms with van der Waals surface area (Å²) in [6, 6.07) is 16.1. The first kappa shape index (κ1) is 16.8. The van der Waals surface area contributed by atoms with Crippen molar-refractivity contribution < 1.29 is 14.6 Å². The average Bonchev–Trinajstić information content (AvgIpc) is 2.60. The van der Waals surface area contributed by atoms with Crippen molar-refractivity contribution in [3.8, 4) is 11.5 Å². The SMILES string of the molecule is CC(C)(NCC(O)Cc1ccccc1)c1ccc2c(c1)OCCO2. The molecule has 4 heteroatoms. The molecule has 1 atom stereocenters. The summed E-state index contributed by atoms with van der Waals surface area (Å²) >= 11 is 0. The van der Waals surface area contributed by atoms with Crippen molar-refractivity contribution in [2.24, 2.45) is 0 Å². The molecule has 2 aromatic rings. The van der Waals surface area contributed by atoms with Gasteiger partial charge in [-0.1, -0.05) is 36.4 Å². The van der Waals surface area contributed by atoms with Crippen molar-refractivity contribution in [1.29, 1.82) is 0 Å². The number of nitrogens with one attached hydrogen (secondary N) is 1. The van der Waals surface area contributed by atoms with E-state index in [2.05, 4.69) is 19.2 Å². The summed E-state index contributed by atoms with van der Waals surface area (Å²) in [4.78, 5) is 0. The maximum Gasteiger partial charge on any atom is 0.161 e. The van der Waals surface area contributed by atoms with Crippen molar-refractivity contribution in [2.75, 3.05) is 19.8 Å². The summed E-state index contributed by atoms with van der Waals surface area (Å²) in [5.41, 5.74) is 1.98. The van der Waals surface area contributed by atoms with Gasteiger partial charge in [-0.25, -0.2) is 0 Å². The Kier molecular flexibility index (Phi) is 5.07. The minimum Gasteiger partial charge on any atom is -0.486 e. The van der Waals surface area contributed by atoms with Crippen LogP contribution in [0.2, 0.25) is 0 Å². The third kappa shape index (κ3) is 4.08. The van der Waals surface area contributed by atoms with Gasteiger partial charge < -0.3 is 19.9 Å². The van der Waals surface area contributed by atoms with E-state index in [9.17, 15) is 5.11 Å². The average molecular weight is 327 g/mol. The molecule has 24 heavy (non-hydrogen) atoms. The van der Waals surface area contributed by atoms with Crippen LogP contribution in [0.1, 0.15) is 25.0 Å². The molecule has 4 nitrogen and oxygen atoms in total. The van der Waals surface area contributed by atoms with Crippen LogP contribution in [0.4, 0.5) is 0 Å². The molecule has 3 rings (SSSR count). The molecule has 0 amide bonds. The molecule has 2 aromatic carbocycles. The van der Waals surface area contributed by atoms with E-state index in [1.165, 1.54) is 0 Å². The highest BCUT2D eigenvalue weighted by Crippen LogP contribution is 2.34. The zero-order chi connectivity index (χ0) is 17.0. The molecule has 1 aliphatic heterocycles. The van der Waals surface area contributed by atoms with Crippen LogP contribution in [0.15, 0.2) is 48.5 Å². The molecule has 0 aliphatic carbocycles. The number of fused-ring (bicyclic) bond motifs is 1. The van der Waals surface area contributed by atoms with Crippen molar-refractivity contribution in [2.45, 2.75) is 31.9 Å². The molecular weight excluding hydrogens is 302 g/mol. The van der Waals surface area contributed by atoms with Gasteiger partial charge in [-0.15, -0.1) is 0 Å². The zero-order valence-electron chi connectivity index (χ0n) is 14.3. The summed E-state index contributed by atoms with van der Waals surface area (Å²) in [7, 11) is 0. The zero-order valence-corrected chi connectivity index (χ0v) is 14.3. The number of aliphatic hydroxyl groups is 1. The van der Waals surface area contributed by atoms with Crippen molar-refractivity contribution in [1.82, 2.24) is 5.32 Å². The van der Waals surface area contributed by atoms with E-state index in [0.717, 1.165) is 22.6 Å². The number of hydrogen-bond donors (Lipinski definition) is 2. The molecule has 1 aliphatic rings. The number of rotatable bonds is 6. The Balaban J connectivity index is 1.61. The second-order valence-electron chi connectivity index (χ2n) is 6.71. The lowest BCUT2D eigenvalue weighted by atomic mass is 9.93. The molecule has 1 heterocycles. The van der Waals surface area contributed by atoms with Crippen molar-refractivity contribution in [3.05, 3.63) is 59.7 Å². The number of aliphatic hydroxyl groups excluding tert-OH is 1. The Morgan fingerprint density at radius 2 is 1.75 bits per heavy atom. The van der Waals surface area contributed by atoms with Crippen molar-refractivity contribution in [3.63, 3.8) is 0 Å². The van der Waals surface area contributed by atoms with Gasteiger partial charge in [-0.05, 0) is 43.5 Å². The number of ether oxygens (including phenoxy) is 2. The van der Waals surface area contributed by atoms with E-state index in [-0.39, 0.29) is 5.54 Å². The van der Waals surface area contributed by atoms with Gasteiger partial charge in [0.05, 0.1) is 6.10 Å². The topological polar surface area (TPSA) is 50.7 Å². The maximum atomic E-state index is 10.3. The van der Waals surface area contributed by atoms with E-state index in [0.29, 0.717) is 26.2 Å². The molecule has 0 saturated carbocycles. The lowest BCUT2D eigenvalue weighted by Crippen LogP contribution is -2.41. The molecule has 0 saturated heterocycles. The standard InChI is InChI=1S/C20H25NO3/c1-20(2,16-8-9-18-19(13-16)24-11-10-23-18)21-14-17(22)12-15-6-4-3-5-7-15/h3-9,13,17,21-22H,10-12,14H2,1-2H3. The van der Waals surface area contributed by atoms with E-state index in [4.69, 9.17) is 9.47 Å². The lowest BCUT2D eigenvalue weighted by Gasteiger charge is -2.30. The minimum atomic E-state index is -0.427. The Labute approximate surface area is 143 Å². The van der Waals surface area contributed by atoms with Gasteiger partial charge >= 0.3 is 0 Å². The van der Waals surface area contributed by atoms with Crippen LogP contribution in [-0.2, 0) is 12.0 Å². The predicted octanol–water partition coefficient (Wildman–Crippen LogP) is 2.89. The van der Waals surface area contributed by atoms with Crippen LogP contribution in [0, 0.1) is 0 Å². The molecule has 0 fully saturated rings. The van der Waals surface area contributed by atoms with Crippen LogP contribution in [0.5, 0.6) is 11.5 Å². The molecule has 0 aromatic heterocycles. The van der Waals surface area contributed by atoms with Gasteiger partial charge in [-0.3, -0.25) is 0 Å². The molecule has 0 bridgehead atoms. The summed E-state index contributed by atoms with van der Waals surface area (Å²) < 4.78 is 11.2. The van der Waals surface area contributed by atoms with Gasteiger partial charge in [0, 0.05) is 12.1 Å². The van der Waals surface area contributed by atoms with Gasteiger partial charge in [0.15, 0.2) is 11.5 Å². The fraction of sp³-hybridized carbons (Fsp3) is 0.400.